The summed E-state index contributed by atoms with van der Waals surface area (Å²) >= 11 is 0. The summed E-state index contributed by atoms with van der Waals surface area (Å²) in [7, 11) is 0. The first-order valence-electron chi connectivity index (χ1n) is 17.2. The molecule has 5 heterocycles. The largest absolute Gasteiger partial charge is 0.383 e. The molecule has 2 amide bonds. The predicted molar refractivity (Wildman–Crippen MR) is 193 cm³/mol. The Morgan fingerprint density at radius 2 is 1.67 bits per heavy atom. The van der Waals surface area contributed by atoms with Gasteiger partial charge in [0.05, 0.1) is 17.8 Å². The Hall–Kier alpha value is -5.73. The fraction of sp³-hybridized carbons (Fsp3) is 0.289. The lowest BCUT2D eigenvalue weighted by molar-refractivity contribution is 0.0608. The lowest BCUT2D eigenvalue weighted by atomic mass is 9.97. The van der Waals surface area contributed by atoms with Crippen molar-refractivity contribution < 1.29 is 23.1 Å². The predicted octanol–water partition coefficient (Wildman–Crippen LogP) is 5.00. The zero-order valence-corrected chi connectivity index (χ0v) is 28.3. The molecule has 0 bridgehead atoms. The molecule has 268 valence electrons. The van der Waals surface area contributed by atoms with Gasteiger partial charge in [-0.2, -0.15) is 5.10 Å². The van der Waals surface area contributed by atoms with E-state index in [1.54, 1.807) is 18.5 Å². The number of ether oxygens (including phenoxy) is 1. The van der Waals surface area contributed by atoms with Crippen molar-refractivity contribution in [2.45, 2.75) is 38.3 Å². The fourth-order valence-corrected chi connectivity index (χ4v) is 6.94. The van der Waals surface area contributed by atoms with Crippen LogP contribution in [0.4, 0.5) is 20.3 Å². The average molecular weight is 709 g/mol. The van der Waals surface area contributed by atoms with E-state index in [-0.39, 0.29) is 51.9 Å². The van der Waals surface area contributed by atoms with Gasteiger partial charge in [0.1, 0.15) is 28.7 Å². The minimum Gasteiger partial charge on any atom is -0.383 e. The van der Waals surface area contributed by atoms with Crippen LogP contribution in [-0.4, -0.2) is 57.4 Å². The molecule has 2 aliphatic heterocycles. The van der Waals surface area contributed by atoms with E-state index in [1.807, 2.05) is 10.9 Å². The first kappa shape index (κ1) is 34.7. The minimum atomic E-state index is -0.874. The Morgan fingerprint density at radius 1 is 0.923 bits per heavy atom. The molecule has 0 unspecified atom stereocenters. The van der Waals surface area contributed by atoms with E-state index >= 15 is 4.39 Å². The van der Waals surface area contributed by atoms with Crippen LogP contribution in [0.15, 0.2) is 78.1 Å². The van der Waals surface area contributed by atoms with Gasteiger partial charge in [-0.25, -0.2) is 13.8 Å². The van der Waals surface area contributed by atoms with Gasteiger partial charge in [-0.05, 0) is 86.7 Å². The Kier molecular flexibility index (Phi) is 9.92. The van der Waals surface area contributed by atoms with Gasteiger partial charge < -0.3 is 31.4 Å². The standard InChI is InChI=1S/C38H38F2N8O4/c39-26-3-1-23(2-4-26)33-34(37(42)50)47(19-22-9-13-52-14-10-22)21-31(35(33)49)38(51)46-27-5-6-29(32(40)16-27)30-15-24(17-44-36(30)41)25-18-45-48(20-25)28-7-11-43-12-8-28/h1-6,15-18,20-22,28,43H,7-14,19H2,(H2,41,44)(H2,42,50)(H,46,51). The highest BCUT2D eigenvalue weighted by Gasteiger charge is 2.27. The van der Waals surface area contributed by atoms with Crippen LogP contribution in [0.3, 0.4) is 0 Å². The van der Waals surface area contributed by atoms with Crippen LogP contribution >= 0.6 is 0 Å². The fourth-order valence-electron chi connectivity index (χ4n) is 6.94. The molecule has 2 saturated heterocycles. The number of carbonyl (C=O) groups is 2. The van der Waals surface area contributed by atoms with Crippen molar-refractivity contribution in [3.63, 3.8) is 0 Å². The molecular weight excluding hydrogens is 670 g/mol. The maximum atomic E-state index is 15.8. The van der Waals surface area contributed by atoms with Gasteiger partial charge >= 0.3 is 0 Å². The Balaban J connectivity index is 1.19. The number of amides is 2. The third-order valence-electron chi connectivity index (χ3n) is 9.74. The van der Waals surface area contributed by atoms with Crippen molar-refractivity contribution in [1.82, 2.24) is 24.6 Å². The summed E-state index contributed by atoms with van der Waals surface area (Å²) < 4.78 is 38.6. The number of benzene rings is 2. The molecular formula is C38H38F2N8O4. The Morgan fingerprint density at radius 3 is 2.38 bits per heavy atom. The molecule has 0 spiro atoms. The number of anilines is 2. The second kappa shape index (κ2) is 14.9. The van der Waals surface area contributed by atoms with Crippen molar-refractivity contribution in [3.8, 4) is 33.4 Å². The van der Waals surface area contributed by atoms with E-state index in [2.05, 4.69) is 20.7 Å². The summed E-state index contributed by atoms with van der Waals surface area (Å²) in [5, 5.41) is 10.5. The number of rotatable bonds is 9. The second-order valence-electron chi connectivity index (χ2n) is 13.2. The van der Waals surface area contributed by atoms with Crippen LogP contribution in [0.25, 0.3) is 33.4 Å². The van der Waals surface area contributed by atoms with Crippen molar-refractivity contribution in [3.05, 3.63) is 106 Å². The summed E-state index contributed by atoms with van der Waals surface area (Å²) in [4.78, 5) is 44.8. The molecule has 7 rings (SSSR count). The zero-order chi connectivity index (χ0) is 36.4. The molecule has 2 aliphatic rings. The Bertz CT molecular complexity index is 2190. The average Bonchev–Trinajstić information content (AvgIpc) is 3.64. The second-order valence-corrected chi connectivity index (χ2v) is 13.2. The van der Waals surface area contributed by atoms with E-state index in [9.17, 15) is 18.8 Å². The summed E-state index contributed by atoms with van der Waals surface area (Å²) in [5.41, 5.74) is 13.1. The zero-order valence-electron chi connectivity index (χ0n) is 28.3. The normalized spacial score (nSPS) is 15.4. The van der Waals surface area contributed by atoms with Gasteiger partial charge in [-0.15, -0.1) is 0 Å². The first-order chi connectivity index (χ1) is 25.2. The summed E-state index contributed by atoms with van der Waals surface area (Å²) in [6.45, 7) is 3.21. The van der Waals surface area contributed by atoms with E-state index in [4.69, 9.17) is 16.2 Å². The number of aromatic nitrogens is 4. The van der Waals surface area contributed by atoms with E-state index in [1.165, 1.54) is 35.0 Å². The number of piperidine rings is 1. The summed E-state index contributed by atoms with van der Waals surface area (Å²) in [5.74, 6) is -2.72. The van der Waals surface area contributed by atoms with Crippen LogP contribution in [-0.2, 0) is 11.3 Å². The molecule has 0 radical (unpaired) electrons. The van der Waals surface area contributed by atoms with Crippen molar-refractivity contribution in [2.75, 3.05) is 37.4 Å². The van der Waals surface area contributed by atoms with Crippen molar-refractivity contribution >= 4 is 23.3 Å². The third kappa shape index (κ3) is 7.20. The highest BCUT2D eigenvalue weighted by atomic mass is 19.1. The van der Waals surface area contributed by atoms with Crippen LogP contribution in [0.2, 0.25) is 0 Å². The molecule has 0 saturated carbocycles. The Labute approximate surface area is 297 Å². The van der Waals surface area contributed by atoms with E-state index < -0.39 is 28.9 Å². The quantitative estimate of drug-likeness (QED) is 0.166. The highest BCUT2D eigenvalue weighted by molar-refractivity contribution is 6.06. The number of primary amides is 1. The first-order valence-corrected chi connectivity index (χ1v) is 17.2. The van der Waals surface area contributed by atoms with Crippen LogP contribution in [0.5, 0.6) is 0 Å². The number of nitrogens with zero attached hydrogens (tertiary/aromatic N) is 4. The number of pyridine rings is 2. The van der Waals surface area contributed by atoms with E-state index in [0.29, 0.717) is 37.7 Å². The molecule has 12 nitrogen and oxygen atoms in total. The lowest BCUT2D eigenvalue weighted by Gasteiger charge is -2.25. The van der Waals surface area contributed by atoms with Crippen LogP contribution in [0, 0.1) is 17.6 Å². The number of hydrogen-bond acceptors (Lipinski definition) is 8. The molecule has 2 aromatic carbocycles. The molecule has 2 fully saturated rings. The van der Waals surface area contributed by atoms with Gasteiger partial charge in [-0.1, -0.05) is 12.1 Å². The number of nitrogens with one attached hydrogen (secondary N) is 2. The maximum absolute atomic E-state index is 15.8. The smallest absolute Gasteiger partial charge is 0.266 e. The molecule has 0 atom stereocenters. The SMILES string of the molecule is NC(=O)c1c(-c2ccc(F)cc2)c(=O)c(C(=O)Nc2ccc(-c3cc(-c4cnn(C5CCNCC5)c4)cnc3N)c(F)c2)cn1CC1CCOCC1. The minimum absolute atomic E-state index is 0.0786. The molecule has 0 aliphatic carbocycles. The van der Waals surface area contributed by atoms with E-state index in [0.717, 1.165) is 55.3 Å². The van der Waals surface area contributed by atoms with Crippen LogP contribution in [0.1, 0.15) is 52.6 Å². The maximum Gasteiger partial charge on any atom is 0.266 e. The van der Waals surface area contributed by atoms with Crippen molar-refractivity contribution in [1.29, 1.82) is 0 Å². The lowest BCUT2D eigenvalue weighted by Crippen LogP contribution is -2.32. The number of nitrogens with two attached hydrogens (primary N) is 2. The third-order valence-corrected chi connectivity index (χ3v) is 9.74. The number of carbonyl (C=O) groups excluding carboxylic acids is 2. The summed E-state index contributed by atoms with van der Waals surface area (Å²) in [6.07, 6.45) is 9.98. The molecule has 5 aromatic rings. The van der Waals surface area contributed by atoms with Gasteiger partial charge in [-0.3, -0.25) is 19.1 Å². The molecule has 3 aromatic heterocycles. The number of halogens is 2. The van der Waals surface area contributed by atoms with Crippen molar-refractivity contribution in [2.24, 2.45) is 11.7 Å². The van der Waals surface area contributed by atoms with Crippen LogP contribution < -0.4 is 27.5 Å². The van der Waals surface area contributed by atoms with Gasteiger partial charge in [0, 0.05) is 66.3 Å². The topological polar surface area (TPSA) is 172 Å². The summed E-state index contributed by atoms with van der Waals surface area (Å²) in [6, 6.07) is 11.2. The molecule has 52 heavy (non-hydrogen) atoms. The highest BCUT2D eigenvalue weighted by Crippen LogP contribution is 2.33. The number of hydrogen-bond donors (Lipinski definition) is 4. The van der Waals surface area contributed by atoms with Gasteiger partial charge in [0.15, 0.2) is 0 Å². The number of nitrogen functional groups attached to an aromatic ring is 1. The molecule has 14 heteroatoms. The van der Waals surface area contributed by atoms with Gasteiger partial charge in [0.2, 0.25) is 5.43 Å². The van der Waals surface area contributed by atoms with Gasteiger partial charge in [0.25, 0.3) is 11.8 Å². The monoisotopic (exact) mass is 708 g/mol. The molecule has 6 N–H and O–H groups in total.